The standard InChI is InChI=1S/C14H18F3NO/c15-14(16,17)13-6-2-1-4-12(13)5-3-7-18-8-10-19-11-9-18/h1-2,4,6H,3,5,7-11H2. The zero-order valence-corrected chi connectivity index (χ0v) is 10.7. The number of morpholine rings is 1. The van der Waals surface area contributed by atoms with E-state index in [1.54, 1.807) is 12.1 Å². The van der Waals surface area contributed by atoms with Crippen LogP contribution in [-0.4, -0.2) is 37.7 Å². The van der Waals surface area contributed by atoms with E-state index in [1.807, 2.05) is 0 Å². The first-order valence-electron chi connectivity index (χ1n) is 6.52. The van der Waals surface area contributed by atoms with Crippen molar-refractivity contribution in [2.75, 3.05) is 32.8 Å². The summed E-state index contributed by atoms with van der Waals surface area (Å²) in [5, 5.41) is 0. The second-order valence-electron chi connectivity index (χ2n) is 4.71. The Morgan fingerprint density at radius 3 is 2.47 bits per heavy atom. The van der Waals surface area contributed by atoms with E-state index in [2.05, 4.69) is 4.90 Å². The van der Waals surface area contributed by atoms with Crippen molar-refractivity contribution in [2.24, 2.45) is 0 Å². The van der Waals surface area contributed by atoms with Gasteiger partial charge in [-0.2, -0.15) is 13.2 Å². The molecule has 19 heavy (non-hydrogen) atoms. The van der Waals surface area contributed by atoms with Crippen LogP contribution < -0.4 is 0 Å². The Morgan fingerprint density at radius 1 is 1.11 bits per heavy atom. The van der Waals surface area contributed by atoms with Crippen molar-refractivity contribution in [3.05, 3.63) is 35.4 Å². The molecule has 0 radical (unpaired) electrons. The molecule has 1 aromatic carbocycles. The average molecular weight is 273 g/mol. The summed E-state index contributed by atoms with van der Waals surface area (Å²) in [4.78, 5) is 2.24. The van der Waals surface area contributed by atoms with Crippen LogP contribution in [0.2, 0.25) is 0 Å². The summed E-state index contributed by atoms with van der Waals surface area (Å²) in [6.45, 7) is 4.02. The number of alkyl halides is 3. The van der Waals surface area contributed by atoms with Crippen LogP contribution in [0.5, 0.6) is 0 Å². The van der Waals surface area contributed by atoms with Crippen molar-refractivity contribution in [3.8, 4) is 0 Å². The van der Waals surface area contributed by atoms with Crippen LogP contribution >= 0.6 is 0 Å². The van der Waals surface area contributed by atoms with Gasteiger partial charge in [-0.3, -0.25) is 4.90 Å². The number of aryl methyl sites for hydroxylation is 1. The topological polar surface area (TPSA) is 12.5 Å². The number of ether oxygens (including phenoxy) is 1. The van der Waals surface area contributed by atoms with E-state index >= 15 is 0 Å². The molecule has 1 saturated heterocycles. The van der Waals surface area contributed by atoms with Gasteiger partial charge in [-0.1, -0.05) is 18.2 Å². The molecule has 0 saturated carbocycles. The Labute approximate surface area is 111 Å². The normalized spacial score (nSPS) is 17.6. The Balaban J connectivity index is 1.88. The summed E-state index contributed by atoms with van der Waals surface area (Å²) < 4.78 is 43.6. The minimum atomic E-state index is -4.25. The van der Waals surface area contributed by atoms with E-state index in [0.717, 1.165) is 45.3 Å². The van der Waals surface area contributed by atoms with Gasteiger partial charge in [0.1, 0.15) is 0 Å². The van der Waals surface area contributed by atoms with Gasteiger partial charge in [-0.25, -0.2) is 0 Å². The molecule has 1 fully saturated rings. The van der Waals surface area contributed by atoms with Crippen LogP contribution in [0, 0.1) is 0 Å². The fraction of sp³-hybridized carbons (Fsp3) is 0.571. The molecule has 0 N–H and O–H groups in total. The molecule has 2 nitrogen and oxygen atoms in total. The lowest BCUT2D eigenvalue weighted by Gasteiger charge is -2.26. The number of benzene rings is 1. The van der Waals surface area contributed by atoms with Gasteiger partial charge in [0.25, 0.3) is 0 Å². The highest BCUT2D eigenvalue weighted by Crippen LogP contribution is 2.32. The Kier molecular flexibility index (Phi) is 4.82. The maximum Gasteiger partial charge on any atom is 0.416 e. The van der Waals surface area contributed by atoms with Crippen molar-refractivity contribution in [1.82, 2.24) is 4.90 Å². The lowest BCUT2D eigenvalue weighted by atomic mass is 10.0. The number of nitrogens with zero attached hydrogens (tertiary/aromatic N) is 1. The molecule has 106 valence electrons. The quantitative estimate of drug-likeness (QED) is 0.836. The molecule has 0 aromatic heterocycles. The largest absolute Gasteiger partial charge is 0.416 e. The fourth-order valence-electron chi connectivity index (χ4n) is 2.33. The number of rotatable bonds is 4. The highest BCUT2D eigenvalue weighted by Gasteiger charge is 2.32. The first-order chi connectivity index (χ1) is 9.07. The van der Waals surface area contributed by atoms with Crippen molar-refractivity contribution < 1.29 is 17.9 Å². The molecule has 0 amide bonds. The monoisotopic (exact) mass is 273 g/mol. The van der Waals surface area contributed by atoms with Gasteiger partial charge < -0.3 is 4.74 Å². The average Bonchev–Trinajstić information content (AvgIpc) is 2.39. The minimum absolute atomic E-state index is 0.392. The fourth-order valence-corrected chi connectivity index (χ4v) is 2.33. The van der Waals surface area contributed by atoms with Gasteiger partial charge in [0.15, 0.2) is 0 Å². The lowest BCUT2D eigenvalue weighted by Crippen LogP contribution is -2.37. The molecule has 5 heteroatoms. The van der Waals surface area contributed by atoms with Crippen molar-refractivity contribution in [1.29, 1.82) is 0 Å². The highest BCUT2D eigenvalue weighted by atomic mass is 19.4. The highest BCUT2D eigenvalue weighted by molar-refractivity contribution is 5.29. The molecule has 0 spiro atoms. The second-order valence-corrected chi connectivity index (χ2v) is 4.71. The van der Waals surface area contributed by atoms with Gasteiger partial charge in [0, 0.05) is 13.1 Å². The molecule has 2 rings (SSSR count). The van der Waals surface area contributed by atoms with Crippen LogP contribution in [0.15, 0.2) is 24.3 Å². The molecule has 1 aliphatic rings. The third-order valence-electron chi connectivity index (χ3n) is 3.35. The van der Waals surface area contributed by atoms with E-state index in [1.165, 1.54) is 6.07 Å². The maximum atomic E-state index is 12.8. The number of halogens is 3. The van der Waals surface area contributed by atoms with Crippen LogP contribution in [-0.2, 0) is 17.3 Å². The molecule has 0 bridgehead atoms. The van der Waals surface area contributed by atoms with Crippen LogP contribution in [0.1, 0.15) is 17.5 Å². The predicted molar refractivity (Wildman–Crippen MR) is 67.0 cm³/mol. The molecular weight excluding hydrogens is 255 g/mol. The molecule has 0 unspecified atom stereocenters. The number of hydrogen-bond donors (Lipinski definition) is 0. The minimum Gasteiger partial charge on any atom is -0.379 e. The van der Waals surface area contributed by atoms with Crippen molar-refractivity contribution >= 4 is 0 Å². The smallest absolute Gasteiger partial charge is 0.379 e. The third kappa shape index (κ3) is 4.21. The summed E-state index contributed by atoms with van der Waals surface area (Å²) >= 11 is 0. The molecular formula is C14H18F3NO. The molecule has 0 atom stereocenters. The summed E-state index contributed by atoms with van der Waals surface area (Å²) in [6.07, 6.45) is -3.05. The van der Waals surface area contributed by atoms with E-state index in [0.29, 0.717) is 12.0 Å². The van der Waals surface area contributed by atoms with Crippen LogP contribution in [0.25, 0.3) is 0 Å². The summed E-state index contributed by atoms with van der Waals surface area (Å²) in [7, 11) is 0. The third-order valence-corrected chi connectivity index (χ3v) is 3.35. The predicted octanol–water partition coefficient (Wildman–Crippen LogP) is 2.97. The van der Waals surface area contributed by atoms with Crippen molar-refractivity contribution in [3.63, 3.8) is 0 Å². The Hall–Kier alpha value is -1.07. The van der Waals surface area contributed by atoms with E-state index < -0.39 is 11.7 Å². The SMILES string of the molecule is FC(F)(F)c1ccccc1CCCN1CCOCC1. The zero-order valence-electron chi connectivity index (χ0n) is 10.7. The van der Waals surface area contributed by atoms with Gasteiger partial charge >= 0.3 is 6.18 Å². The first-order valence-corrected chi connectivity index (χ1v) is 6.52. The zero-order chi connectivity index (χ0) is 13.7. The van der Waals surface area contributed by atoms with Crippen molar-refractivity contribution in [2.45, 2.75) is 19.0 Å². The molecule has 0 aliphatic carbocycles. The van der Waals surface area contributed by atoms with Crippen LogP contribution in [0.4, 0.5) is 13.2 Å². The lowest BCUT2D eigenvalue weighted by molar-refractivity contribution is -0.138. The van der Waals surface area contributed by atoms with Gasteiger partial charge in [-0.05, 0) is 31.0 Å². The molecule has 1 heterocycles. The second kappa shape index (κ2) is 6.39. The van der Waals surface area contributed by atoms with E-state index in [-0.39, 0.29) is 0 Å². The summed E-state index contributed by atoms with van der Waals surface area (Å²) in [6, 6.07) is 5.83. The summed E-state index contributed by atoms with van der Waals surface area (Å²) in [5.41, 5.74) is -0.111. The van der Waals surface area contributed by atoms with E-state index in [9.17, 15) is 13.2 Å². The number of hydrogen-bond acceptors (Lipinski definition) is 2. The molecule has 1 aromatic rings. The Morgan fingerprint density at radius 2 is 1.79 bits per heavy atom. The van der Waals surface area contributed by atoms with Gasteiger partial charge in [-0.15, -0.1) is 0 Å². The maximum absolute atomic E-state index is 12.8. The van der Waals surface area contributed by atoms with Gasteiger partial charge in [0.05, 0.1) is 18.8 Å². The Bertz CT molecular complexity index is 400. The van der Waals surface area contributed by atoms with E-state index in [4.69, 9.17) is 4.74 Å². The summed E-state index contributed by atoms with van der Waals surface area (Å²) in [5.74, 6) is 0. The molecule has 1 aliphatic heterocycles. The first kappa shape index (κ1) is 14.3. The van der Waals surface area contributed by atoms with Crippen LogP contribution in [0.3, 0.4) is 0 Å². The van der Waals surface area contributed by atoms with Gasteiger partial charge in [0.2, 0.25) is 0 Å².